The van der Waals surface area contributed by atoms with Crippen molar-refractivity contribution in [3.63, 3.8) is 0 Å². The van der Waals surface area contributed by atoms with E-state index >= 15 is 13.2 Å². The van der Waals surface area contributed by atoms with Gasteiger partial charge in [0.1, 0.15) is 0 Å². The molecule has 8 aromatic rings. The third kappa shape index (κ3) is 4.87. The van der Waals surface area contributed by atoms with Crippen molar-refractivity contribution in [3.05, 3.63) is 160 Å². The maximum atomic E-state index is 15.2. The van der Waals surface area contributed by atoms with E-state index in [1.807, 2.05) is 0 Å². The number of nitriles is 3. The Morgan fingerprint density at radius 3 is 1.35 bits per heavy atom. The van der Waals surface area contributed by atoms with Gasteiger partial charge in [0, 0.05) is 21.9 Å². The Balaban J connectivity index is 1.67. The summed E-state index contributed by atoms with van der Waals surface area (Å²) in [6.07, 6.45) is -4.92. The number of hydrogen-bond acceptors (Lipinski definition) is 3. The van der Waals surface area contributed by atoms with Gasteiger partial charge in [0.2, 0.25) is 0 Å². The lowest BCUT2D eigenvalue weighted by molar-refractivity contribution is -0.137. The zero-order valence-corrected chi connectivity index (χ0v) is 27.5. The first kappa shape index (κ1) is 32.8. The fraction of sp³-hybridized carbons (Fsp3) is 0.0233. The highest BCUT2D eigenvalue weighted by atomic mass is 19.4. The predicted octanol–water partition coefficient (Wildman–Crippen LogP) is 11.8. The monoisotopic (exact) mass is 702 g/mol. The molecule has 2 heterocycles. The maximum Gasteiger partial charge on any atom is 0.415 e. The number of alkyl halides is 3. The van der Waals surface area contributed by atoms with E-state index in [9.17, 15) is 15.8 Å². The lowest BCUT2D eigenvalue weighted by atomic mass is 9.92. The average molecular weight is 703 g/mol. The molecule has 0 bridgehead atoms. The second-order valence-corrected chi connectivity index (χ2v) is 12.3. The number of nitrogens with zero attached hydrogens (tertiary/aromatic N) is 8. The van der Waals surface area contributed by atoms with Crippen LogP contribution in [0, 0.1) is 53.7 Å². The van der Waals surface area contributed by atoms with Gasteiger partial charge in [0.15, 0.2) is 17.1 Å². The summed E-state index contributed by atoms with van der Waals surface area (Å²) >= 11 is 0. The highest BCUT2D eigenvalue weighted by molar-refractivity contribution is 6.14. The molecule has 0 spiro atoms. The van der Waals surface area contributed by atoms with Crippen LogP contribution in [0.5, 0.6) is 0 Å². The zero-order valence-electron chi connectivity index (χ0n) is 27.5. The van der Waals surface area contributed by atoms with Gasteiger partial charge in [0.05, 0.1) is 93.6 Å². The molecule has 0 unspecified atom stereocenters. The molecule has 0 fully saturated rings. The van der Waals surface area contributed by atoms with Crippen LogP contribution in [0.2, 0.25) is 0 Å². The topological polar surface area (TPSA) is 94.3 Å². The predicted molar refractivity (Wildman–Crippen MR) is 198 cm³/mol. The van der Waals surface area contributed by atoms with Gasteiger partial charge >= 0.3 is 6.18 Å². The van der Waals surface area contributed by atoms with Gasteiger partial charge in [-0.05, 0) is 83.6 Å². The van der Waals surface area contributed by atoms with Crippen LogP contribution in [0.4, 0.5) is 30.2 Å². The third-order valence-electron chi connectivity index (χ3n) is 9.44. The Labute approximate surface area is 304 Å². The van der Waals surface area contributed by atoms with E-state index < -0.39 is 17.3 Å². The molecule has 6 aromatic carbocycles. The fourth-order valence-electron chi connectivity index (χ4n) is 7.24. The van der Waals surface area contributed by atoms with Gasteiger partial charge in [-0.1, -0.05) is 30.3 Å². The van der Waals surface area contributed by atoms with Crippen LogP contribution in [0.1, 0.15) is 22.3 Å². The molecule has 11 heteroatoms. The summed E-state index contributed by atoms with van der Waals surface area (Å²) in [5.41, 5.74) is 1.69. The first-order valence-corrected chi connectivity index (χ1v) is 16.0. The molecule has 2 aromatic heterocycles. The molecule has 0 amide bonds. The first-order chi connectivity index (χ1) is 26.1. The second kappa shape index (κ2) is 12.2. The molecule has 54 heavy (non-hydrogen) atoms. The minimum atomic E-state index is -4.92. The molecule has 8 nitrogen and oxygen atoms in total. The van der Waals surface area contributed by atoms with Crippen molar-refractivity contribution in [1.29, 1.82) is 15.8 Å². The van der Waals surface area contributed by atoms with Gasteiger partial charge in [-0.3, -0.25) is 0 Å². The van der Waals surface area contributed by atoms with Crippen LogP contribution in [-0.4, -0.2) is 9.13 Å². The molecule has 0 aliphatic heterocycles. The highest BCUT2D eigenvalue weighted by Crippen LogP contribution is 2.50. The molecule has 0 saturated heterocycles. The molecule has 0 aliphatic carbocycles. The number of fused-ring (bicyclic) bond motifs is 6. The van der Waals surface area contributed by atoms with Crippen molar-refractivity contribution in [1.82, 2.24) is 9.13 Å². The molecular weight excluding hydrogens is 686 g/mol. The number of rotatable bonds is 3. The third-order valence-corrected chi connectivity index (χ3v) is 9.44. The van der Waals surface area contributed by atoms with Crippen molar-refractivity contribution in [2.75, 3.05) is 0 Å². The number of benzene rings is 6. The lowest BCUT2D eigenvalue weighted by Gasteiger charge is -2.24. The Kier molecular flexibility index (Phi) is 7.39. The van der Waals surface area contributed by atoms with Crippen molar-refractivity contribution in [2.45, 2.75) is 6.18 Å². The molecule has 8 rings (SSSR count). The normalized spacial score (nSPS) is 11.1. The lowest BCUT2D eigenvalue weighted by Crippen LogP contribution is -2.11. The Bertz CT molecular complexity index is 2920. The van der Waals surface area contributed by atoms with E-state index in [4.69, 9.17) is 19.7 Å². The smallest absolute Gasteiger partial charge is 0.309 e. The zero-order chi connectivity index (χ0) is 37.9. The van der Waals surface area contributed by atoms with E-state index in [-0.39, 0.29) is 28.2 Å². The van der Waals surface area contributed by atoms with Crippen LogP contribution in [0.15, 0.2) is 103 Å². The van der Waals surface area contributed by atoms with Crippen molar-refractivity contribution >= 4 is 60.7 Å². The van der Waals surface area contributed by atoms with Crippen LogP contribution < -0.4 is 0 Å². The molecule has 0 aliphatic rings. The molecule has 0 radical (unpaired) electrons. The van der Waals surface area contributed by atoms with Crippen LogP contribution >= 0.6 is 0 Å². The molecule has 0 saturated carbocycles. The SMILES string of the molecule is [C-]#[N+]c1ccc2c(c1)c1cc([N+]#[C-])ccc1n2-c1cc(C#N)cc(-n2c3ccc(C#N)cc3c3cc(C#N)ccc32)c1-c1c([N+]#[C-])cccc1C(F)(F)F. The van der Waals surface area contributed by atoms with Crippen molar-refractivity contribution in [3.8, 4) is 40.7 Å². The summed E-state index contributed by atoms with van der Waals surface area (Å²) < 4.78 is 49.0. The molecule has 0 atom stereocenters. The summed E-state index contributed by atoms with van der Waals surface area (Å²) in [6.45, 7) is 23.4. The largest absolute Gasteiger partial charge is 0.415 e. The van der Waals surface area contributed by atoms with Gasteiger partial charge in [0.25, 0.3) is 0 Å². The van der Waals surface area contributed by atoms with Crippen LogP contribution in [0.25, 0.3) is 80.6 Å². The molecule has 0 N–H and O–H groups in total. The summed E-state index contributed by atoms with van der Waals surface area (Å²) in [6, 6.07) is 32.3. The van der Waals surface area contributed by atoms with Crippen LogP contribution in [-0.2, 0) is 6.18 Å². The Hall–Kier alpha value is -8.35. The standard InChI is InChI=1S/C43H17F3N8/c1-50-27-9-13-37-31(19-27)32-20-28(51-2)10-14-38(32)54(37)40-18-26(23-49)17-39(42(40)41-33(43(44,45)46)5-4-6-34(41)52-3)53-35-11-7-24(21-47)15-29(35)30-16-25(22-48)8-12-36(30)53/h4-20H. The quantitative estimate of drug-likeness (QED) is 0.171. The fourth-order valence-corrected chi connectivity index (χ4v) is 7.24. The van der Waals surface area contributed by atoms with E-state index in [0.717, 1.165) is 6.07 Å². The average Bonchev–Trinajstić information content (AvgIpc) is 3.70. The van der Waals surface area contributed by atoms with E-state index in [1.54, 1.807) is 81.9 Å². The van der Waals surface area contributed by atoms with Gasteiger partial charge in [-0.2, -0.15) is 29.0 Å². The van der Waals surface area contributed by atoms with Crippen molar-refractivity contribution in [2.24, 2.45) is 0 Å². The first-order valence-electron chi connectivity index (χ1n) is 16.0. The van der Waals surface area contributed by atoms with E-state index in [0.29, 0.717) is 66.1 Å². The number of aromatic nitrogens is 2. The summed E-state index contributed by atoms with van der Waals surface area (Å²) in [7, 11) is 0. The number of halogens is 3. The number of hydrogen-bond donors (Lipinski definition) is 0. The van der Waals surface area contributed by atoms with E-state index in [2.05, 4.69) is 32.7 Å². The minimum absolute atomic E-state index is 0.0252. The maximum absolute atomic E-state index is 15.2. The molecule has 250 valence electrons. The summed E-state index contributed by atoms with van der Waals surface area (Å²) in [5, 5.41) is 32.3. The van der Waals surface area contributed by atoms with Crippen LogP contribution in [0.3, 0.4) is 0 Å². The highest BCUT2D eigenvalue weighted by Gasteiger charge is 2.37. The van der Waals surface area contributed by atoms with Crippen molar-refractivity contribution < 1.29 is 13.2 Å². The Morgan fingerprint density at radius 2 is 0.944 bits per heavy atom. The second-order valence-electron chi connectivity index (χ2n) is 12.3. The van der Waals surface area contributed by atoms with E-state index in [1.165, 1.54) is 24.3 Å². The molecular formula is C43H17F3N8. The Morgan fingerprint density at radius 1 is 0.500 bits per heavy atom. The van der Waals surface area contributed by atoms with Gasteiger partial charge in [-0.25, -0.2) is 14.5 Å². The van der Waals surface area contributed by atoms with Gasteiger partial charge < -0.3 is 9.13 Å². The van der Waals surface area contributed by atoms with Gasteiger partial charge in [-0.15, -0.1) is 0 Å². The summed E-state index contributed by atoms with van der Waals surface area (Å²) in [4.78, 5) is 10.7. The minimum Gasteiger partial charge on any atom is -0.309 e. The summed E-state index contributed by atoms with van der Waals surface area (Å²) in [5.74, 6) is 0.